The SMILES string of the molecule is c1ccc(C2=NC(c3c(-c4ccc5oc6ccccc6c5c4)ccc4oc5ccccc5c34)=NC(c3ccc4sc5ccccc5c4c3)N2)cc1. The molecule has 0 radical (unpaired) electrons. The normalized spacial score (nSPS) is 14.9. The van der Waals surface area contributed by atoms with Crippen molar-refractivity contribution < 1.29 is 8.83 Å². The fourth-order valence-corrected chi connectivity index (χ4v) is 8.66. The molecule has 0 spiro atoms. The van der Waals surface area contributed by atoms with E-state index in [2.05, 4.69) is 115 Å². The van der Waals surface area contributed by atoms with Gasteiger partial charge in [-0.3, -0.25) is 0 Å². The first kappa shape index (κ1) is 28.3. The zero-order valence-corrected chi connectivity index (χ0v) is 27.9. The highest BCUT2D eigenvalue weighted by Gasteiger charge is 2.27. The number of furan rings is 2. The minimum atomic E-state index is -0.377. The lowest BCUT2D eigenvalue weighted by Gasteiger charge is -2.25. The summed E-state index contributed by atoms with van der Waals surface area (Å²) in [7, 11) is 0. The molecular weight excluding hydrogens is 647 g/mol. The number of benzene rings is 7. The highest BCUT2D eigenvalue weighted by atomic mass is 32.1. The molecule has 3 aromatic heterocycles. The monoisotopic (exact) mass is 673 g/mol. The molecule has 4 heterocycles. The third-order valence-corrected chi connectivity index (χ3v) is 11.1. The van der Waals surface area contributed by atoms with Crippen LogP contribution >= 0.6 is 11.3 Å². The van der Waals surface area contributed by atoms with Gasteiger partial charge in [0.15, 0.2) is 5.84 Å². The standard InChI is InChI=1S/C45H27N3O2S/c1-2-10-26(11-3-1)43-46-44(28-19-23-40-34(25-28)31-13-6-9-17-39(31)51-40)48-45(47-43)42-29(20-22-38-41(42)32-14-5-8-16-36(32)50-38)27-18-21-37-33(24-27)30-12-4-7-15-35(30)49-37/h1-25,44H,(H,46,47,48). The van der Waals surface area contributed by atoms with E-state index in [1.807, 2.05) is 53.8 Å². The van der Waals surface area contributed by atoms with Crippen LogP contribution in [-0.2, 0) is 0 Å². The Balaban J connectivity index is 1.19. The van der Waals surface area contributed by atoms with Crippen molar-refractivity contribution in [2.45, 2.75) is 6.17 Å². The molecule has 0 bridgehead atoms. The third kappa shape index (κ3) is 4.47. The molecular formula is C45H27N3O2S. The second kappa shape index (κ2) is 11.0. The van der Waals surface area contributed by atoms with Crippen molar-refractivity contribution in [1.29, 1.82) is 0 Å². The van der Waals surface area contributed by atoms with Crippen LogP contribution in [0.3, 0.4) is 0 Å². The van der Waals surface area contributed by atoms with Crippen LogP contribution in [0.25, 0.3) is 75.2 Å². The Bertz CT molecular complexity index is 3070. The summed E-state index contributed by atoms with van der Waals surface area (Å²) in [5.41, 5.74) is 8.44. The minimum Gasteiger partial charge on any atom is -0.456 e. The van der Waals surface area contributed by atoms with Gasteiger partial charge >= 0.3 is 0 Å². The lowest BCUT2D eigenvalue weighted by Crippen LogP contribution is -2.33. The van der Waals surface area contributed by atoms with Crippen LogP contribution in [0.1, 0.15) is 22.9 Å². The number of hydrogen-bond acceptors (Lipinski definition) is 6. The van der Waals surface area contributed by atoms with Gasteiger partial charge in [0.25, 0.3) is 0 Å². The maximum absolute atomic E-state index is 6.46. The number of amidine groups is 2. The molecule has 240 valence electrons. The van der Waals surface area contributed by atoms with Crippen LogP contribution in [0, 0.1) is 0 Å². The van der Waals surface area contributed by atoms with E-state index in [0.29, 0.717) is 5.84 Å². The number of rotatable bonds is 4. The number of thiophene rings is 1. The zero-order chi connectivity index (χ0) is 33.5. The van der Waals surface area contributed by atoms with Gasteiger partial charge in [-0.2, -0.15) is 0 Å². The Hall–Kier alpha value is -6.50. The molecule has 7 aromatic carbocycles. The molecule has 0 amide bonds. The van der Waals surface area contributed by atoms with Crippen molar-refractivity contribution in [2.75, 3.05) is 0 Å². The summed E-state index contributed by atoms with van der Waals surface area (Å²) in [5, 5.41) is 10.4. The highest BCUT2D eigenvalue weighted by Crippen LogP contribution is 2.41. The van der Waals surface area contributed by atoms with E-state index in [1.165, 1.54) is 20.2 Å². The number of aliphatic imine (C=N–C) groups is 2. The van der Waals surface area contributed by atoms with Gasteiger partial charge in [0.2, 0.25) is 0 Å². The average molecular weight is 674 g/mol. The lowest BCUT2D eigenvalue weighted by molar-refractivity contribution is 0.668. The van der Waals surface area contributed by atoms with E-state index in [1.54, 1.807) is 0 Å². The predicted molar refractivity (Wildman–Crippen MR) is 211 cm³/mol. The molecule has 6 heteroatoms. The molecule has 0 saturated carbocycles. The van der Waals surface area contributed by atoms with Crippen molar-refractivity contribution in [3.8, 4) is 11.1 Å². The first-order valence-corrected chi connectivity index (χ1v) is 17.8. The number of nitrogens with zero attached hydrogens (tertiary/aromatic N) is 2. The topological polar surface area (TPSA) is 63.0 Å². The molecule has 10 aromatic rings. The van der Waals surface area contributed by atoms with Crippen LogP contribution in [0.4, 0.5) is 0 Å². The lowest BCUT2D eigenvalue weighted by atomic mass is 9.93. The molecule has 0 saturated heterocycles. The summed E-state index contributed by atoms with van der Waals surface area (Å²) in [6, 6.07) is 52.7. The van der Waals surface area contributed by atoms with E-state index >= 15 is 0 Å². The van der Waals surface area contributed by atoms with Crippen molar-refractivity contribution in [3.05, 3.63) is 168 Å². The summed E-state index contributed by atoms with van der Waals surface area (Å²) in [5.74, 6) is 1.42. The zero-order valence-electron chi connectivity index (χ0n) is 27.1. The van der Waals surface area contributed by atoms with Crippen molar-refractivity contribution >= 4 is 87.1 Å². The molecule has 5 nitrogen and oxygen atoms in total. The van der Waals surface area contributed by atoms with Gasteiger partial charge in [-0.1, -0.05) is 97.1 Å². The number of nitrogens with one attached hydrogen (secondary N) is 1. The highest BCUT2D eigenvalue weighted by molar-refractivity contribution is 7.25. The third-order valence-electron chi connectivity index (χ3n) is 9.96. The van der Waals surface area contributed by atoms with Gasteiger partial charge in [0.05, 0.1) is 0 Å². The smallest absolute Gasteiger partial charge is 0.160 e. The summed E-state index contributed by atoms with van der Waals surface area (Å²) in [6.45, 7) is 0. The summed E-state index contributed by atoms with van der Waals surface area (Å²) >= 11 is 1.82. The van der Waals surface area contributed by atoms with E-state index < -0.39 is 0 Å². The van der Waals surface area contributed by atoms with Crippen LogP contribution in [-0.4, -0.2) is 11.7 Å². The maximum atomic E-state index is 6.46. The van der Waals surface area contributed by atoms with Gasteiger partial charge in [0.1, 0.15) is 34.3 Å². The molecule has 11 rings (SSSR count). The van der Waals surface area contributed by atoms with E-state index in [4.69, 9.17) is 18.8 Å². The largest absolute Gasteiger partial charge is 0.456 e. The van der Waals surface area contributed by atoms with Gasteiger partial charge in [0, 0.05) is 52.8 Å². The van der Waals surface area contributed by atoms with Crippen molar-refractivity contribution in [3.63, 3.8) is 0 Å². The second-order valence-corrected chi connectivity index (χ2v) is 14.0. The fraction of sp³-hybridized carbons (Fsp3) is 0.0222. The van der Waals surface area contributed by atoms with Gasteiger partial charge in [-0.15, -0.1) is 11.3 Å². The Morgan fingerprint density at radius 2 is 1.20 bits per heavy atom. The van der Waals surface area contributed by atoms with Crippen LogP contribution in [0.5, 0.6) is 0 Å². The minimum absolute atomic E-state index is 0.377. The molecule has 1 aliphatic heterocycles. The Labute approximate surface area is 295 Å². The van der Waals surface area contributed by atoms with Crippen LogP contribution in [0.15, 0.2) is 170 Å². The summed E-state index contributed by atoms with van der Waals surface area (Å²) < 4.78 is 15.2. The first-order chi connectivity index (χ1) is 25.2. The van der Waals surface area contributed by atoms with Crippen LogP contribution in [0.2, 0.25) is 0 Å². The number of para-hydroxylation sites is 2. The summed E-state index contributed by atoms with van der Waals surface area (Å²) in [4.78, 5) is 10.8. The number of hydrogen-bond donors (Lipinski definition) is 1. The van der Waals surface area contributed by atoms with Crippen molar-refractivity contribution in [1.82, 2.24) is 5.32 Å². The molecule has 51 heavy (non-hydrogen) atoms. The van der Waals surface area contributed by atoms with E-state index in [-0.39, 0.29) is 6.17 Å². The molecule has 1 atom stereocenters. The van der Waals surface area contributed by atoms with Gasteiger partial charge in [-0.25, -0.2) is 9.98 Å². The fourth-order valence-electron chi connectivity index (χ4n) is 7.57. The molecule has 0 fully saturated rings. The predicted octanol–water partition coefficient (Wildman–Crippen LogP) is 12.0. The van der Waals surface area contributed by atoms with Gasteiger partial charge < -0.3 is 14.2 Å². The number of fused-ring (bicyclic) bond motifs is 9. The summed E-state index contributed by atoms with van der Waals surface area (Å²) in [6.07, 6.45) is -0.377. The maximum Gasteiger partial charge on any atom is 0.160 e. The molecule has 1 unspecified atom stereocenters. The molecule has 0 aliphatic carbocycles. The Morgan fingerprint density at radius 1 is 0.510 bits per heavy atom. The quantitative estimate of drug-likeness (QED) is 0.202. The van der Waals surface area contributed by atoms with Crippen molar-refractivity contribution in [2.24, 2.45) is 9.98 Å². The second-order valence-electron chi connectivity index (χ2n) is 12.9. The van der Waals surface area contributed by atoms with Crippen LogP contribution < -0.4 is 5.32 Å². The first-order valence-electron chi connectivity index (χ1n) is 17.0. The van der Waals surface area contributed by atoms with E-state index in [9.17, 15) is 0 Å². The van der Waals surface area contributed by atoms with E-state index in [0.717, 1.165) is 77.5 Å². The average Bonchev–Trinajstić information content (AvgIpc) is 3.88. The molecule has 1 aliphatic rings. The molecule has 1 N–H and O–H groups in total. The van der Waals surface area contributed by atoms with Gasteiger partial charge in [-0.05, 0) is 71.3 Å². The Morgan fingerprint density at radius 3 is 2.08 bits per heavy atom. The Kier molecular flexibility index (Phi) is 6.12.